The molecule has 0 aliphatic rings. The van der Waals surface area contributed by atoms with E-state index in [9.17, 15) is 28.1 Å². The first-order chi connectivity index (χ1) is 16.2. The van der Waals surface area contributed by atoms with E-state index in [1.807, 2.05) is 20.8 Å². The van der Waals surface area contributed by atoms with E-state index in [0.29, 0.717) is 11.1 Å². The second-order valence-corrected chi connectivity index (χ2v) is 8.64. The summed E-state index contributed by atoms with van der Waals surface area (Å²) in [5, 5.41) is 12.0. The quantitative estimate of drug-likeness (QED) is 0.121. The van der Waals surface area contributed by atoms with Gasteiger partial charge < -0.3 is 14.5 Å². The van der Waals surface area contributed by atoms with Crippen LogP contribution in [0.25, 0.3) is 5.57 Å². The number of nitrogens with two attached hydrogens (primary N) is 1. The maximum absolute atomic E-state index is 12.8. The molecule has 0 heterocycles. The average Bonchev–Trinajstić information content (AvgIpc) is 2.76. The monoisotopic (exact) mass is 493 g/mol. The zero-order valence-corrected chi connectivity index (χ0v) is 19.4. The summed E-state index contributed by atoms with van der Waals surface area (Å²) in [7, 11) is 0. The number of halogens is 3. The van der Waals surface area contributed by atoms with Gasteiger partial charge in [0.15, 0.2) is 0 Å². The van der Waals surface area contributed by atoms with Crippen LogP contribution >= 0.6 is 0 Å². The third kappa shape index (κ3) is 8.14. The minimum atomic E-state index is -4.45. The lowest BCUT2D eigenvalue weighted by Gasteiger charge is -2.32. The standard InChI is InChI=1S/C24H26F3N3O5/c1-5-16(17-6-8-18(9-7-17)24(25,26)27)14-29(28)15-21(23(2,3)4)35-22(31)34-20-12-10-19(11-13-20)30(32)33/h5-14,21H,1,15,28H2,2-4H3/b16-14+/t21-/m1/s1. The molecule has 35 heavy (non-hydrogen) atoms. The smallest absolute Gasteiger partial charge is 0.428 e. The van der Waals surface area contributed by atoms with Gasteiger partial charge in [0, 0.05) is 23.7 Å². The van der Waals surface area contributed by atoms with Crippen molar-refractivity contribution in [2.45, 2.75) is 33.1 Å². The van der Waals surface area contributed by atoms with E-state index in [0.717, 1.165) is 12.1 Å². The third-order valence-electron chi connectivity index (χ3n) is 4.90. The molecule has 0 aromatic heterocycles. The number of nitro benzene ring substituents is 1. The number of non-ortho nitro benzene ring substituents is 1. The molecule has 11 heteroatoms. The van der Waals surface area contributed by atoms with Crippen molar-refractivity contribution in [3.8, 4) is 5.75 Å². The van der Waals surface area contributed by atoms with Crippen LogP contribution in [0.2, 0.25) is 0 Å². The normalized spacial score (nSPS) is 13.1. The summed E-state index contributed by atoms with van der Waals surface area (Å²) in [6.45, 7) is 9.16. The van der Waals surface area contributed by atoms with Gasteiger partial charge in [-0.05, 0) is 35.4 Å². The second-order valence-electron chi connectivity index (χ2n) is 8.64. The molecule has 0 radical (unpaired) electrons. The summed E-state index contributed by atoms with van der Waals surface area (Å²) in [6.07, 6.45) is -3.31. The Balaban J connectivity index is 2.11. The molecule has 1 atom stereocenters. The highest BCUT2D eigenvalue weighted by atomic mass is 19.4. The lowest BCUT2D eigenvalue weighted by atomic mass is 9.89. The van der Waals surface area contributed by atoms with Gasteiger partial charge in [-0.25, -0.2) is 10.6 Å². The molecule has 0 spiro atoms. The molecule has 2 rings (SSSR count). The highest BCUT2D eigenvalue weighted by Crippen LogP contribution is 2.30. The lowest BCUT2D eigenvalue weighted by molar-refractivity contribution is -0.384. The molecule has 2 N–H and O–H groups in total. The highest BCUT2D eigenvalue weighted by molar-refractivity contribution is 5.73. The number of allylic oxidation sites excluding steroid dienone is 2. The molecule has 0 fully saturated rings. The maximum Gasteiger partial charge on any atom is 0.514 e. The van der Waals surface area contributed by atoms with Crippen LogP contribution in [0.15, 0.2) is 67.4 Å². The van der Waals surface area contributed by atoms with E-state index in [4.69, 9.17) is 15.3 Å². The number of ether oxygens (including phenoxy) is 2. The van der Waals surface area contributed by atoms with Gasteiger partial charge in [0.1, 0.15) is 11.9 Å². The highest BCUT2D eigenvalue weighted by Gasteiger charge is 2.31. The molecule has 0 aliphatic carbocycles. The minimum Gasteiger partial charge on any atom is -0.428 e. The number of hydrazine groups is 1. The van der Waals surface area contributed by atoms with Gasteiger partial charge in [-0.2, -0.15) is 13.2 Å². The van der Waals surface area contributed by atoms with E-state index in [1.165, 1.54) is 53.7 Å². The van der Waals surface area contributed by atoms with Crippen molar-refractivity contribution >= 4 is 17.4 Å². The predicted octanol–water partition coefficient (Wildman–Crippen LogP) is 5.95. The van der Waals surface area contributed by atoms with Crippen LogP contribution in [0.4, 0.5) is 23.7 Å². The van der Waals surface area contributed by atoms with Crippen LogP contribution in [-0.2, 0) is 10.9 Å². The van der Waals surface area contributed by atoms with Crippen molar-refractivity contribution in [1.82, 2.24) is 5.01 Å². The lowest BCUT2D eigenvalue weighted by Crippen LogP contribution is -2.43. The Kier molecular flexibility index (Phi) is 8.64. The molecule has 0 saturated carbocycles. The molecule has 2 aromatic carbocycles. The van der Waals surface area contributed by atoms with Crippen molar-refractivity contribution in [3.05, 3.63) is 88.6 Å². The fraction of sp³-hybridized carbons (Fsp3) is 0.292. The van der Waals surface area contributed by atoms with Gasteiger partial charge in [0.25, 0.3) is 5.69 Å². The van der Waals surface area contributed by atoms with E-state index in [2.05, 4.69) is 6.58 Å². The summed E-state index contributed by atoms with van der Waals surface area (Å²) in [4.78, 5) is 22.5. The maximum atomic E-state index is 12.8. The Hall–Kier alpha value is -3.86. The molecule has 8 nitrogen and oxygen atoms in total. The molecule has 0 saturated heterocycles. The number of alkyl halides is 3. The minimum absolute atomic E-state index is 0.0246. The Morgan fingerprint density at radius 3 is 2.17 bits per heavy atom. The Morgan fingerprint density at radius 1 is 1.14 bits per heavy atom. The molecule has 0 unspecified atom stereocenters. The number of benzene rings is 2. The zero-order valence-electron chi connectivity index (χ0n) is 19.4. The van der Waals surface area contributed by atoms with E-state index >= 15 is 0 Å². The molecule has 0 aliphatic heterocycles. The Bertz CT molecular complexity index is 1080. The van der Waals surface area contributed by atoms with Crippen molar-refractivity contribution in [2.75, 3.05) is 6.54 Å². The van der Waals surface area contributed by atoms with E-state index in [1.54, 1.807) is 0 Å². The molecule has 0 amide bonds. The Labute approximate surface area is 200 Å². The number of carbonyl (C=O) groups is 1. The van der Waals surface area contributed by atoms with E-state index < -0.39 is 34.3 Å². The fourth-order valence-electron chi connectivity index (χ4n) is 2.88. The molecule has 2 aromatic rings. The van der Waals surface area contributed by atoms with Gasteiger partial charge in [0.05, 0.1) is 17.0 Å². The summed E-state index contributed by atoms with van der Waals surface area (Å²) < 4.78 is 49.0. The second kappa shape index (κ2) is 11.0. The molecule has 188 valence electrons. The van der Waals surface area contributed by atoms with Crippen LogP contribution < -0.4 is 10.6 Å². The molecular weight excluding hydrogens is 467 g/mol. The Morgan fingerprint density at radius 2 is 1.71 bits per heavy atom. The number of hydrogen-bond acceptors (Lipinski definition) is 7. The van der Waals surface area contributed by atoms with Gasteiger partial charge in [-0.3, -0.25) is 10.1 Å². The van der Waals surface area contributed by atoms with Gasteiger partial charge in [-0.1, -0.05) is 45.6 Å². The van der Waals surface area contributed by atoms with Crippen molar-refractivity contribution < 1.29 is 32.4 Å². The van der Waals surface area contributed by atoms with Crippen LogP contribution in [-0.4, -0.2) is 28.7 Å². The SMILES string of the molecule is C=C/C(=C\N(N)C[C@@H](OC(=O)Oc1ccc([N+](=O)[O-])cc1)C(C)(C)C)c1ccc(C(F)(F)F)cc1. The summed E-state index contributed by atoms with van der Waals surface area (Å²) in [5.41, 5.74) is -0.573. The number of rotatable bonds is 8. The van der Waals surface area contributed by atoms with Crippen LogP contribution in [0.1, 0.15) is 31.9 Å². The number of nitrogens with zero attached hydrogens (tertiary/aromatic N) is 2. The number of nitro groups is 1. The van der Waals surface area contributed by atoms with Gasteiger partial charge in [-0.15, -0.1) is 0 Å². The first-order valence-corrected chi connectivity index (χ1v) is 10.4. The first-order valence-electron chi connectivity index (χ1n) is 10.4. The van der Waals surface area contributed by atoms with E-state index in [-0.39, 0.29) is 18.0 Å². The van der Waals surface area contributed by atoms with Crippen LogP contribution in [0.3, 0.4) is 0 Å². The van der Waals surface area contributed by atoms with Crippen LogP contribution in [0.5, 0.6) is 5.75 Å². The van der Waals surface area contributed by atoms with Crippen LogP contribution in [0, 0.1) is 15.5 Å². The third-order valence-corrected chi connectivity index (χ3v) is 4.90. The van der Waals surface area contributed by atoms with Gasteiger partial charge >= 0.3 is 12.3 Å². The topological polar surface area (TPSA) is 108 Å². The molecular formula is C24H26F3N3O5. The average molecular weight is 493 g/mol. The van der Waals surface area contributed by atoms with Crippen molar-refractivity contribution in [3.63, 3.8) is 0 Å². The fourth-order valence-corrected chi connectivity index (χ4v) is 2.88. The number of carbonyl (C=O) groups excluding carboxylic acids is 1. The van der Waals surface area contributed by atoms with Crippen molar-refractivity contribution in [1.29, 1.82) is 0 Å². The first kappa shape index (κ1) is 27.4. The largest absolute Gasteiger partial charge is 0.514 e. The summed E-state index contributed by atoms with van der Waals surface area (Å²) in [6, 6.07) is 9.45. The summed E-state index contributed by atoms with van der Waals surface area (Å²) in [5.74, 6) is 6.15. The predicted molar refractivity (Wildman–Crippen MR) is 124 cm³/mol. The molecule has 0 bridgehead atoms. The number of hydrogen-bond donors (Lipinski definition) is 1. The van der Waals surface area contributed by atoms with Gasteiger partial charge in [0.2, 0.25) is 0 Å². The van der Waals surface area contributed by atoms with Crippen molar-refractivity contribution in [2.24, 2.45) is 11.3 Å². The zero-order chi connectivity index (χ0) is 26.4. The summed E-state index contributed by atoms with van der Waals surface area (Å²) >= 11 is 0.